The molecule has 0 atom stereocenters. The van der Waals surface area contributed by atoms with Crippen molar-refractivity contribution in [3.63, 3.8) is 0 Å². The maximum atomic E-state index is 11.2. The molecule has 92 valence electrons. The van der Waals surface area contributed by atoms with Crippen LogP contribution in [0.5, 0.6) is 0 Å². The number of hydrogen-bond acceptors (Lipinski definition) is 3. The minimum absolute atomic E-state index is 0.0956. The van der Waals surface area contributed by atoms with Crippen LogP contribution in [0.1, 0.15) is 6.92 Å². The summed E-state index contributed by atoms with van der Waals surface area (Å²) in [6.07, 6.45) is 0. The van der Waals surface area contributed by atoms with Crippen molar-refractivity contribution >= 4 is 28.9 Å². The average molecular weight is 255 g/mol. The molecule has 0 spiro atoms. The number of morpholine rings is 1. The summed E-state index contributed by atoms with van der Waals surface area (Å²) in [6.45, 7) is 4.57. The van der Waals surface area contributed by atoms with Gasteiger partial charge in [0.15, 0.2) is 0 Å². The minimum Gasteiger partial charge on any atom is -0.378 e. The number of hydrogen-bond donors (Lipinski definition) is 1. The second kappa shape index (κ2) is 5.38. The van der Waals surface area contributed by atoms with Crippen LogP contribution in [0.25, 0.3) is 0 Å². The summed E-state index contributed by atoms with van der Waals surface area (Å²) >= 11 is 5.94. The molecule has 1 fully saturated rings. The lowest BCUT2D eigenvalue weighted by Gasteiger charge is -2.30. The molecular weight excluding hydrogens is 240 g/mol. The Hall–Kier alpha value is -1.26. The Balaban J connectivity index is 2.27. The lowest BCUT2D eigenvalue weighted by molar-refractivity contribution is -0.114. The van der Waals surface area contributed by atoms with Crippen LogP contribution in [0.3, 0.4) is 0 Å². The molecular formula is C12H15ClN2O2. The van der Waals surface area contributed by atoms with Gasteiger partial charge in [-0.15, -0.1) is 0 Å². The highest BCUT2D eigenvalue weighted by atomic mass is 35.5. The lowest BCUT2D eigenvalue weighted by atomic mass is 10.2. The van der Waals surface area contributed by atoms with Gasteiger partial charge in [-0.05, 0) is 18.2 Å². The van der Waals surface area contributed by atoms with E-state index in [1.807, 2.05) is 12.1 Å². The van der Waals surface area contributed by atoms with Crippen LogP contribution in [0.4, 0.5) is 11.4 Å². The van der Waals surface area contributed by atoms with Crippen LogP contribution in [-0.4, -0.2) is 32.2 Å². The molecule has 1 aromatic rings. The highest BCUT2D eigenvalue weighted by molar-refractivity contribution is 6.31. The average Bonchev–Trinajstić information content (AvgIpc) is 2.29. The zero-order valence-corrected chi connectivity index (χ0v) is 10.5. The molecule has 1 aromatic carbocycles. The first-order valence-electron chi connectivity index (χ1n) is 5.56. The molecule has 4 nitrogen and oxygen atoms in total. The summed E-state index contributed by atoms with van der Waals surface area (Å²) < 4.78 is 5.31. The summed E-state index contributed by atoms with van der Waals surface area (Å²) in [7, 11) is 0. The Labute approximate surface area is 106 Å². The lowest BCUT2D eigenvalue weighted by Crippen LogP contribution is -2.36. The highest BCUT2D eigenvalue weighted by Crippen LogP contribution is 2.29. The number of nitrogens with zero attached hydrogens (tertiary/aromatic N) is 1. The van der Waals surface area contributed by atoms with Gasteiger partial charge in [0.05, 0.1) is 24.6 Å². The van der Waals surface area contributed by atoms with Crippen molar-refractivity contribution in [2.45, 2.75) is 6.92 Å². The highest BCUT2D eigenvalue weighted by Gasteiger charge is 2.15. The molecule has 0 unspecified atom stereocenters. The number of amides is 1. The molecule has 1 heterocycles. The number of rotatable bonds is 2. The first-order valence-corrected chi connectivity index (χ1v) is 5.94. The molecule has 1 amide bonds. The van der Waals surface area contributed by atoms with E-state index in [1.54, 1.807) is 6.07 Å². The van der Waals surface area contributed by atoms with Crippen molar-refractivity contribution in [3.05, 3.63) is 23.2 Å². The molecule has 0 aliphatic carbocycles. The fraction of sp³-hybridized carbons (Fsp3) is 0.417. The van der Waals surface area contributed by atoms with Gasteiger partial charge in [0.2, 0.25) is 5.91 Å². The van der Waals surface area contributed by atoms with Gasteiger partial charge in [0, 0.05) is 25.0 Å². The molecule has 0 saturated carbocycles. The first-order chi connectivity index (χ1) is 8.16. The van der Waals surface area contributed by atoms with Crippen LogP contribution < -0.4 is 10.2 Å². The van der Waals surface area contributed by atoms with Gasteiger partial charge in [-0.3, -0.25) is 4.79 Å². The summed E-state index contributed by atoms with van der Waals surface area (Å²) in [5.74, 6) is -0.0956. The fourth-order valence-corrected chi connectivity index (χ4v) is 2.05. The number of carbonyl (C=O) groups excluding carboxylic acids is 1. The van der Waals surface area contributed by atoms with E-state index in [2.05, 4.69) is 10.2 Å². The standard InChI is InChI=1S/C12H15ClN2O2/c1-9(16)14-11-8-10(13)2-3-12(11)15-4-6-17-7-5-15/h2-3,8H,4-7H2,1H3,(H,14,16). The van der Waals surface area contributed by atoms with E-state index in [4.69, 9.17) is 16.3 Å². The van der Waals surface area contributed by atoms with Crippen molar-refractivity contribution in [2.24, 2.45) is 0 Å². The third-order valence-electron chi connectivity index (χ3n) is 2.62. The van der Waals surface area contributed by atoms with E-state index in [-0.39, 0.29) is 5.91 Å². The van der Waals surface area contributed by atoms with Crippen molar-refractivity contribution in [1.29, 1.82) is 0 Å². The Morgan fingerprint density at radius 1 is 1.41 bits per heavy atom. The van der Waals surface area contributed by atoms with Gasteiger partial charge < -0.3 is 15.0 Å². The zero-order valence-electron chi connectivity index (χ0n) is 9.70. The van der Waals surface area contributed by atoms with E-state index in [0.717, 1.165) is 24.5 Å². The molecule has 0 bridgehead atoms. The van der Waals surface area contributed by atoms with Gasteiger partial charge in [-0.1, -0.05) is 11.6 Å². The van der Waals surface area contributed by atoms with Crippen molar-refractivity contribution in [1.82, 2.24) is 0 Å². The predicted octanol–water partition coefficient (Wildman–Crippen LogP) is 2.13. The number of anilines is 2. The maximum absolute atomic E-state index is 11.2. The van der Waals surface area contributed by atoms with E-state index in [9.17, 15) is 4.79 Å². The maximum Gasteiger partial charge on any atom is 0.221 e. The number of benzene rings is 1. The first kappa shape index (κ1) is 12.2. The van der Waals surface area contributed by atoms with E-state index in [0.29, 0.717) is 18.2 Å². The van der Waals surface area contributed by atoms with Crippen LogP contribution in [-0.2, 0) is 9.53 Å². The third-order valence-corrected chi connectivity index (χ3v) is 2.86. The van der Waals surface area contributed by atoms with Crippen molar-refractivity contribution in [2.75, 3.05) is 36.5 Å². The van der Waals surface area contributed by atoms with Gasteiger partial charge in [0.25, 0.3) is 0 Å². The zero-order chi connectivity index (χ0) is 12.3. The number of halogens is 1. The summed E-state index contributed by atoms with van der Waals surface area (Å²) in [4.78, 5) is 13.3. The van der Waals surface area contributed by atoms with Crippen molar-refractivity contribution in [3.8, 4) is 0 Å². The van der Waals surface area contributed by atoms with E-state index in [1.165, 1.54) is 6.92 Å². The molecule has 0 aromatic heterocycles. The summed E-state index contributed by atoms with van der Waals surface area (Å²) in [5.41, 5.74) is 1.75. The molecule has 2 rings (SSSR count). The topological polar surface area (TPSA) is 41.6 Å². The molecule has 17 heavy (non-hydrogen) atoms. The SMILES string of the molecule is CC(=O)Nc1cc(Cl)ccc1N1CCOCC1. The second-order valence-electron chi connectivity index (χ2n) is 3.94. The quantitative estimate of drug-likeness (QED) is 0.879. The third kappa shape index (κ3) is 3.11. The fourth-order valence-electron chi connectivity index (χ4n) is 1.88. The molecule has 0 radical (unpaired) electrons. The molecule has 1 aliphatic rings. The second-order valence-corrected chi connectivity index (χ2v) is 4.38. The van der Waals surface area contributed by atoms with Crippen LogP contribution in [0.15, 0.2) is 18.2 Å². The number of ether oxygens (including phenoxy) is 1. The van der Waals surface area contributed by atoms with E-state index < -0.39 is 0 Å². The van der Waals surface area contributed by atoms with Crippen LogP contribution in [0.2, 0.25) is 5.02 Å². The van der Waals surface area contributed by atoms with Crippen molar-refractivity contribution < 1.29 is 9.53 Å². The van der Waals surface area contributed by atoms with Gasteiger partial charge in [0.1, 0.15) is 0 Å². The monoisotopic (exact) mass is 254 g/mol. The Bertz CT molecular complexity index is 417. The van der Waals surface area contributed by atoms with Crippen LogP contribution >= 0.6 is 11.6 Å². The largest absolute Gasteiger partial charge is 0.378 e. The Morgan fingerprint density at radius 3 is 2.76 bits per heavy atom. The molecule has 1 aliphatic heterocycles. The van der Waals surface area contributed by atoms with Crippen LogP contribution in [0, 0.1) is 0 Å². The Morgan fingerprint density at radius 2 is 2.12 bits per heavy atom. The molecule has 1 N–H and O–H groups in total. The minimum atomic E-state index is -0.0956. The van der Waals surface area contributed by atoms with E-state index >= 15 is 0 Å². The Kier molecular flexibility index (Phi) is 3.86. The number of nitrogens with one attached hydrogen (secondary N) is 1. The summed E-state index contributed by atoms with van der Waals surface area (Å²) in [6, 6.07) is 5.53. The normalized spacial score (nSPS) is 15.8. The smallest absolute Gasteiger partial charge is 0.221 e. The number of carbonyl (C=O) groups is 1. The summed E-state index contributed by atoms with van der Waals surface area (Å²) in [5, 5.41) is 3.42. The molecule has 1 saturated heterocycles. The van der Waals surface area contributed by atoms with Gasteiger partial charge in [-0.2, -0.15) is 0 Å². The predicted molar refractivity (Wildman–Crippen MR) is 68.8 cm³/mol. The van der Waals surface area contributed by atoms with Gasteiger partial charge in [-0.25, -0.2) is 0 Å². The van der Waals surface area contributed by atoms with Gasteiger partial charge >= 0.3 is 0 Å². The molecule has 5 heteroatoms.